The third-order valence-electron chi connectivity index (χ3n) is 1.84. The van der Waals surface area contributed by atoms with Crippen molar-refractivity contribution in [2.24, 2.45) is 0 Å². The van der Waals surface area contributed by atoms with Gasteiger partial charge in [-0.3, -0.25) is 9.48 Å². The molecule has 0 saturated heterocycles. The first kappa shape index (κ1) is 12.0. The van der Waals surface area contributed by atoms with Crippen LogP contribution in [-0.2, 0) is 4.79 Å². The molecule has 0 saturated carbocycles. The maximum Gasteiger partial charge on any atom is 0.186 e. The first-order chi connectivity index (χ1) is 7.09. The van der Waals surface area contributed by atoms with Gasteiger partial charge >= 0.3 is 0 Å². The van der Waals surface area contributed by atoms with Gasteiger partial charge in [-0.1, -0.05) is 23.9 Å². The maximum atomic E-state index is 10.7. The fourth-order valence-electron chi connectivity index (χ4n) is 1.07. The van der Waals surface area contributed by atoms with Crippen LogP contribution in [0.5, 0.6) is 0 Å². The summed E-state index contributed by atoms with van der Waals surface area (Å²) < 4.78 is 1.91. The molecule has 0 spiro atoms. The third kappa shape index (κ3) is 4.34. The summed E-state index contributed by atoms with van der Waals surface area (Å²) in [6.45, 7) is 5.76. The van der Waals surface area contributed by atoms with Crippen molar-refractivity contribution in [3.05, 3.63) is 24.0 Å². The normalized spacial score (nSPS) is 11.5. The minimum absolute atomic E-state index is 0.150. The molecule has 0 aliphatic carbocycles. The Labute approximate surface area is 94.6 Å². The van der Waals surface area contributed by atoms with Gasteiger partial charge in [-0.25, -0.2) is 0 Å². The molecule has 1 heterocycles. The summed E-state index contributed by atoms with van der Waals surface area (Å²) in [7, 11) is 0. The van der Waals surface area contributed by atoms with Gasteiger partial charge in [0.25, 0.3) is 0 Å². The molecule has 0 amide bonds. The Morgan fingerprint density at radius 2 is 2.40 bits per heavy atom. The number of hydrogen-bond donors (Lipinski definition) is 0. The number of carbonyl (C=O) groups excluding carboxylic acids is 1. The smallest absolute Gasteiger partial charge is 0.186 e. The minimum Gasteiger partial charge on any atom is -0.288 e. The molecule has 3 nitrogen and oxygen atoms in total. The Balaban J connectivity index is 2.46. The molecule has 0 unspecified atom stereocenters. The summed E-state index contributed by atoms with van der Waals surface area (Å²) in [6, 6.07) is 0.388. The monoisotopic (exact) mass is 224 g/mol. The first-order valence-electron chi connectivity index (χ1n) is 4.93. The molecule has 0 N–H and O–H groups in total. The SMILES string of the molecule is CC(=O)SCC=Cc1cnn(C(C)C)c1. The van der Waals surface area contributed by atoms with Crippen LogP contribution < -0.4 is 0 Å². The van der Waals surface area contributed by atoms with Crippen LogP contribution in [-0.4, -0.2) is 20.6 Å². The molecule has 0 bridgehead atoms. The van der Waals surface area contributed by atoms with Gasteiger partial charge in [0.2, 0.25) is 0 Å². The molecule has 0 aliphatic rings. The highest BCUT2D eigenvalue weighted by Gasteiger charge is 1.98. The first-order valence-corrected chi connectivity index (χ1v) is 5.92. The molecule has 1 rings (SSSR count). The summed E-state index contributed by atoms with van der Waals surface area (Å²) in [5.41, 5.74) is 1.08. The molecule has 1 aromatic heterocycles. The average molecular weight is 224 g/mol. The van der Waals surface area contributed by atoms with Gasteiger partial charge in [0.15, 0.2) is 5.12 Å². The Morgan fingerprint density at radius 1 is 1.67 bits per heavy atom. The van der Waals surface area contributed by atoms with Gasteiger partial charge in [-0.15, -0.1) is 0 Å². The Hall–Kier alpha value is -1.03. The Morgan fingerprint density at radius 3 is 2.93 bits per heavy atom. The molecule has 0 aliphatic heterocycles. The lowest BCUT2D eigenvalue weighted by Crippen LogP contribution is -1.99. The second kappa shape index (κ2) is 5.75. The van der Waals surface area contributed by atoms with Crippen LogP contribution in [0.2, 0.25) is 0 Å². The highest BCUT2D eigenvalue weighted by molar-refractivity contribution is 8.13. The van der Waals surface area contributed by atoms with E-state index in [0.29, 0.717) is 6.04 Å². The zero-order chi connectivity index (χ0) is 11.3. The van der Waals surface area contributed by atoms with E-state index < -0.39 is 0 Å². The highest BCUT2D eigenvalue weighted by Crippen LogP contribution is 2.08. The van der Waals surface area contributed by atoms with Crippen LogP contribution in [0.3, 0.4) is 0 Å². The number of carbonyl (C=O) groups is 1. The lowest BCUT2D eigenvalue weighted by Gasteiger charge is -2.02. The third-order valence-corrected chi connectivity index (χ3v) is 2.61. The number of aromatic nitrogens is 2. The van der Waals surface area contributed by atoms with E-state index in [1.165, 1.54) is 11.8 Å². The van der Waals surface area contributed by atoms with Gasteiger partial charge in [0.1, 0.15) is 0 Å². The van der Waals surface area contributed by atoms with E-state index in [0.717, 1.165) is 11.3 Å². The largest absolute Gasteiger partial charge is 0.288 e. The molecule has 1 aromatic rings. The Bertz CT molecular complexity index is 355. The highest BCUT2D eigenvalue weighted by atomic mass is 32.2. The van der Waals surface area contributed by atoms with Crippen molar-refractivity contribution in [2.75, 3.05) is 5.75 Å². The van der Waals surface area contributed by atoms with Crippen molar-refractivity contribution in [3.8, 4) is 0 Å². The van der Waals surface area contributed by atoms with Gasteiger partial charge in [-0.05, 0) is 13.8 Å². The molecule has 0 radical (unpaired) electrons. The van der Waals surface area contributed by atoms with Crippen molar-refractivity contribution < 1.29 is 4.79 Å². The summed E-state index contributed by atoms with van der Waals surface area (Å²) in [5.74, 6) is 0.724. The molecule has 82 valence electrons. The van der Waals surface area contributed by atoms with Crippen molar-refractivity contribution >= 4 is 23.0 Å². The van der Waals surface area contributed by atoms with Gasteiger partial charge in [-0.2, -0.15) is 5.10 Å². The standard InChI is InChI=1S/C11H16N2OS/c1-9(2)13-8-11(7-12-13)5-4-6-15-10(3)14/h4-5,7-9H,6H2,1-3H3. The average Bonchev–Trinajstić information content (AvgIpc) is 2.60. The zero-order valence-electron chi connectivity index (χ0n) is 9.30. The van der Waals surface area contributed by atoms with Crippen LogP contribution in [0.1, 0.15) is 32.4 Å². The van der Waals surface area contributed by atoms with E-state index in [4.69, 9.17) is 0 Å². The van der Waals surface area contributed by atoms with Gasteiger partial charge in [0.05, 0.1) is 6.20 Å². The van der Waals surface area contributed by atoms with E-state index in [9.17, 15) is 4.79 Å². The van der Waals surface area contributed by atoms with E-state index in [1.807, 2.05) is 29.2 Å². The van der Waals surface area contributed by atoms with E-state index in [2.05, 4.69) is 18.9 Å². The van der Waals surface area contributed by atoms with Crippen LogP contribution in [0, 0.1) is 0 Å². The van der Waals surface area contributed by atoms with Crippen molar-refractivity contribution in [1.82, 2.24) is 9.78 Å². The number of rotatable bonds is 4. The van der Waals surface area contributed by atoms with Crippen molar-refractivity contribution in [2.45, 2.75) is 26.8 Å². The van der Waals surface area contributed by atoms with Crippen molar-refractivity contribution in [1.29, 1.82) is 0 Å². The molecular formula is C11H16N2OS. The summed E-state index contributed by atoms with van der Waals surface area (Å²) in [4.78, 5) is 10.7. The molecular weight excluding hydrogens is 208 g/mol. The molecule has 15 heavy (non-hydrogen) atoms. The molecule has 0 aromatic carbocycles. The lowest BCUT2D eigenvalue weighted by atomic mass is 10.3. The fourth-order valence-corrected chi connectivity index (χ4v) is 1.50. The fraction of sp³-hybridized carbons (Fsp3) is 0.455. The van der Waals surface area contributed by atoms with Crippen LogP contribution in [0.4, 0.5) is 0 Å². The predicted octanol–water partition coefficient (Wildman–Crippen LogP) is 2.76. The minimum atomic E-state index is 0.150. The summed E-state index contributed by atoms with van der Waals surface area (Å²) in [6.07, 6.45) is 7.80. The van der Waals surface area contributed by atoms with E-state index in [1.54, 1.807) is 6.92 Å². The summed E-state index contributed by atoms with van der Waals surface area (Å²) >= 11 is 1.31. The summed E-state index contributed by atoms with van der Waals surface area (Å²) in [5, 5.41) is 4.37. The van der Waals surface area contributed by atoms with Crippen molar-refractivity contribution in [3.63, 3.8) is 0 Å². The number of nitrogens with zero attached hydrogens (tertiary/aromatic N) is 2. The maximum absolute atomic E-state index is 10.7. The second-order valence-corrected chi connectivity index (χ2v) is 4.75. The second-order valence-electron chi connectivity index (χ2n) is 3.55. The van der Waals surface area contributed by atoms with Crippen LogP contribution in [0.25, 0.3) is 6.08 Å². The molecule has 0 atom stereocenters. The predicted molar refractivity (Wildman–Crippen MR) is 64.8 cm³/mol. The number of hydrogen-bond acceptors (Lipinski definition) is 3. The Kier molecular flexibility index (Phi) is 4.62. The van der Waals surface area contributed by atoms with Crippen LogP contribution >= 0.6 is 11.8 Å². The molecule has 4 heteroatoms. The number of thioether (sulfide) groups is 1. The van der Waals surface area contributed by atoms with E-state index in [-0.39, 0.29) is 5.12 Å². The topological polar surface area (TPSA) is 34.9 Å². The quantitative estimate of drug-likeness (QED) is 0.788. The van der Waals surface area contributed by atoms with Crippen LogP contribution in [0.15, 0.2) is 18.5 Å². The molecule has 0 fully saturated rings. The van der Waals surface area contributed by atoms with Gasteiger partial charge in [0, 0.05) is 30.5 Å². The lowest BCUT2D eigenvalue weighted by molar-refractivity contribution is -0.109. The van der Waals surface area contributed by atoms with Gasteiger partial charge < -0.3 is 0 Å². The zero-order valence-corrected chi connectivity index (χ0v) is 10.1. The van der Waals surface area contributed by atoms with E-state index >= 15 is 0 Å².